The third kappa shape index (κ3) is 5.20. The number of rotatable bonds is 5. The van der Waals surface area contributed by atoms with Crippen molar-refractivity contribution in [3.8, 4) is 5.75 Å². The molecule has 3 aromatic carbocycles. The van der Waals surface area contributed by atoms with Gasteiger partial charge in [0.15, 0.2) is 0 Å². The van der Waals surface area contributed by atoms with Gasteiger partial charge in [-0.3, -0.25) is 0 Å². The zero-order valence-electron chi connectivity index (χ0n) is 18.9. The molecule has 0 aliphatic rings. The average molecular weight is 420 g/mol. The van der Waals surface area contributed by atoms with Gasteiger partial charge in [0, 0.05) is 27.4 Å². The normalized spacial score (nSPS) is 12.1. The Morgan fingerprint density at radius 2 is 1.10 bits per heavy atom. The van der Waals surface area contributed by atoms with Crippen LogP contribution in [-0.4, -0.2) is 11.0 Å². The molecule has 0 saturated heterocycles. The van der Waals surface area contributed by atoms with Crippen LogP contribution in [0.2, 0.25) is 0 Å². The average Bonchev–Trinajstić information content (AvgIpc) is 2.69. The van der Waals surface area contributed by atoms with Crippen LogP contribution in [0, 0.1) is 0 Å². The SMILES string of the molecule is CC(C)(C)c1cc(SCN(c2ccccc2)c2ccccc2)cc(C(C)(C)C)c1O. The Morgan fingerprint density at radius 1 is 0.700 bits per heavy atom. The number of nitrogens with zero attached hydrogens (tertiary/aromatic N) is 1. The van der Waals surface area contributed by atoms with Gasteiger partial charge >= 0.3 is 0 Å². The number of phenols is 1. The van der Waals surface area contributed by atoms with Crippen molar-refractivity contribution < 1.29 is 5.11 Å². The zero-order chi connectivity index (χ0) is 21.9. The van der Waals surface area contributed by atoms with E-state index < -0.39 is 0 Å². The lowest BCUT2D eigenvalue weighted by Crippen LogP contribution is -2.18. The molecule has 0 bridgehead atoms. The van der Waals surface area contributed by atoms with E-state index in [0.29, 0.717) is 5.75 Å². The molecule has 158 valence electrons. The highest BCUT2D eigenvalue weighted by molar-refractivity contribution is 7.99. The monoisotopic (exact) mass is 419 g/mol. The molecule has 0 amide bonds. The summed E-state index contributed by atoms with van der Waals surface area (Å²) in [6.45, 7) is 12.9. The van der Waals surface area contributed by atoms with Gasteiger partial charge in [-0.25, -0.2) is 0 Å². The molecular weight excluding hydrogens is 386 g/mol. The molecule has 0 fully saturated rings. The molecule has 30 heavy (non-hydrogen) atoms. The molecule has 3 rings (SSSR count). The molecule has 0 spiro atoms. The largest absolute Gasteiger partial charge is 0.507 e. The van der Waals surface area contributed by atoms with Gasteiger partial charge in [-0.05, 0) is 47.2 Å². The van der Waals surface area contributed by atoms with Gasteiger partial charge in [0.2, 0.25) is 0 Å². The quantitative estimate of drug-likeness (QED) is 0.336. The Kier molecular flexibility index (Phi) is 6.52. The molecular formula is C27H33NOS. The van der Waals surface area contributed by atoms with E-state index in [-0.39, 0.29) is 10.8 Å². The summed E-state index contributed by atoms with van der Waals surface area (Å²) >= 11 is 1.80. The maximum absolute atomic E-state index is 11.0. The molecule has 0 unspecified atom stereocenters. The molecule has 0 aliphatic heterocycles. The maximum atomic E-state index is 11.0. The predicted octanol–water partition coefficient (Wildman–Crippen LogP) is 7.88. The summed E-state index contributed by atoms with van der Waals surface area (Å²) in [4.78, 5) is 3.50. The lowest BCUT2D eigenvalue weighted by molar-refractivity contribution is 0.422. The van der Waals surface area contributed by atoms with Crippen molar-refractivity contribution in [1.82, 2.24) is 0 Å². The van der Waals surface area contributed by atoms with Crippen LogP contribution >= 0.6 is 11.8 Å². The van der Waals surface area contributed by atoms with E-state index >= 15 is 0 Å². The van der Waals surface area contributed by atoms with E-state index in [9.17, 15) is 5.11 Å². The van der Waals surface area contributed by atoms with Crippen LogP contribution in [0.15, 0.2) is 77.7 Å². The molecule has 0 radical (unpaired) electrons. The summed E-state index contributed by atoms with van der Waals surface area (Å²) in [5, 5.41) is 11.0. The van der Waals surface area contributed by atoms with Crippen molar-refractivity contribution in [2.24, 2.45) is 0 Å². The Balaban J connectivity index is 1.98. The third-order valence-electron chi connectivity index (χ3n) is 5.20. The topological polar surface area (TPSA) is 23.5 Å². The molecule has 2 nitrogen and oxygen atoms in total. The molecule has 0 aromatic heterocycles. The fraction of sp³-hybridized carbons (Fsp3) is 0.333. The van der Waals surface area contributed by atoms with Crippen LogP contribution in [0.1, 0.15) is 52.7 Å². The number of benzene rings is 3. The van der Waals surface area contributed by atoms with E-state index in [1.807, 2.05) is 12.1 Å². The third-order valence-corrected chi connectivity index (χ3v) is 6.15. The first kappa shape index (κ1) is 22.3. The number of hydrogen-bond donors (Lipinski definition) is 1. The summed E-state index contributed by atoms with van der Waals surface area (Å²) in [7, 11) is 0. The fourth-order valence-electron chi connectivity index (χ4n) is 3.49. The highest BCUT2D eigenvalue weighted by atomic mass is 32.2. The van der Waals surface area contributed by atoms with Gasteiger partial charge < -0.3 is 10.0 Å². The van der Waals surface area contributed by atoms with Gasteiger partial charge in [0.05, 0.1) is 5.88 Å². The van der Waals surface area contributed by atoms with E-state index in [1.54, 1.807) is 11.8 Å². The van der Waals surface area contributed by atoms with Crippen molar-refractivity contribution in [3.05, 3.63) is 83.9 Å². The minimum atomic E-state index is -0.126. The number of hydrogen-bond acceptors (Lipinski definition) is 3. The first-order chi connectivity index (χ1) is 14.1. The standard InChI is InChI=1S/C27H33NOS/c1-26(2,3)23-17-22(18-24(25(23)29)27(4,5)6)30-19-28(20-13-9-7-10-14-20)21-15-11-8-12-16-21/h7-18,29H,19H2,1-6H3. The van der Waals surface area contributed by atoms with Crippen molar-refractivity contribution in [1.29, 1.82) is 0 Å². The highest BCUT2D eigenvalue weighted by Crippen LogP contribution is 2.42. The maximum Gasteiger partial charge on any atom is 0.123 e. The van der Waals surface area contributed by atoms with Gasteiger partial charge in [0.25, 0.3) is 0 Å². The minimum absolute atomic E-state index is 0.126. The van der Waals surface area contributed by atoms with Crippen molar-refractivity contribution >= 4 is 23.1 Å². The minimum Gasteiger partial charge on any atom is -0.507 e. The Bertz CT molecular complexity index is 895. The first-order valence-corrected chi connectivity index (χ1v) is 11.4. The lowest BCUT2D eigenvalue weighted by Gasteiger charge is -2.29. The van der Waals surface area contributed by atoms with Crippen molar-refractivity contribution in [2.45, 2.75) is 57.3 Å². The second-order valence-electron chi connectivity index (χ2n) is 9.74. The van der Waals surface area contributed by atoms with Crippen LogP contribution < -0.4 is 4.90 Å². The van der Waals surface area contributed by atoms with Crippen molar-refractivity contribution in [2.75, 3.05) is 10.8 Å². The number of thioether (sulfide) groups is 1. The predicted molar refractivity (Wildman–Crippen MR) is 131 cm³/mol. The van der Waals surface area contributed by atoms with Crippen LogP contribution in [0.5, 0.6) is 5.75 Å². The Hall–Kier alpha value is -2.39. The summed E-state index contributed by atoms with van der Waals surface area (Å²) in [6.07, 6.45) is 0. The second kappa shape index (κ2) is 8.77. The van der Waals surface area contributed by atoms with Crippen molar-refractivity contribution in [3.63, 3.8) is 0 Å². The molecule has 0 heterocycles. The highest BCUT2D eigenvalue weighted by Gasteiger charge is 2.26. The first-order valence-electron chi connectivity index (χ1n) is 10.5. The van der Waals surface area contributed by atoms with Crippen LogP contribution in [0.4, 0.5) is 11.4 Å². The van der Waals surface area contributed by atoms with E-state index in [2.05, 4.69) is 107 Å². The number of aromatic hydroxyl groups is 1. The zero-order valence-corrected chi connectivity index (χ0v) is 19.8. The molecule has 0 aliphatic carbocycles. The van der Waals surface area contributed by atoms with Gasteiger partial charge in [-0.2, -0.15) is 0 Å². The van der Waals surface area contributed by atoms with Crippen LogP contribution in [-0.2, 0) is 10.8 Å². The van der Waals surface area contributed by atoms with Gasteiger partial charge in [0.1, 0.15) is 5.75 Å². The summed E-state index contributed by atoms with van der Waals surface area (Å²) in [6, 6.07) is 25.3. The van der Waals surface area contributed by atoms with E-state index in [1.165, 1.54) is 16.3 Å². The number of phenolic OH excluding ortho intramolecular Hbond substituents is 1. The fourth-order valence-corrected chi connectivity index (χ4v) is 4.47. The van der Waals surface area contributed by atoms with E-state index in [4.69, 9.17) is 0 Å². The van der Waals surface area contributed by atoms with E-state index in [0.717, 1.165) is 17.0 Å². The number of anilines is 2. The van der Waals surface area contributed by atoms with Gasteiger partial charge in [-0.1, -0.05) is 77.9 Å². The smallest absolute Gasteiger partial charge is 0.123 e. The Labute approximate surface area is 186 Å². The van der Waals surface area contributed by atoms with Crippen LogP contribution in [0.25, 0.3) is 0 Å². The lowest BCUT2D eigenvalue weighted by atomic mass is 9.79. The molecule has 0 saturated carbocycles. The summed E-state index contributed by atoms with van der Waals surface area (Å²) in [5.74, 6) is 1.22. The van der Waals surface area contributed by atoms with Crippen LogP contribution in [0.3, 0.4) is 0 Å². The van der Waals surface area contributed by atoms with Gasteiger partial charge in [-0.15, -0.1) is 11.8 Å². The molecule has 3 aromatic rings. The summed E-state index contributed by atoms with van der Waals surface area (Å²) in [5.41, 5.74) is 4.09. The second-order valence-corrected chi connectivity index (χ2v) is 10.8. The molecule has 1 N–H and O–H groups in total. The molecule has 3 heteroatoms. The summed E-state index contributed by atoms with van der Waals surface area (Å²) < 4.78 is 0. The molecule has 0 atom stereocenters. The Morgan fingerprint density at radius 3 is 1.47 bits per heavy atom. The number of para-hydroxylation sites is 2.